The molecule has 0 spiro atoms. The van der Waals surface area contributed by atoms with Gasteiger partial charge in [0.05, 0.1) is 11.4 Å². The minimum absolute atomic E-state index is 0.249. The second-order valence-corrected chi connectivity index (χ2v) is 3.40. The van der Waals surface area contributed by atoms with Crippen molar-refractivity contribution in [2.45, 2.75) is 13.3 Å². The number of nitrogens with one attached hydrogen (secondary N) is 2. The standard InChI is InChI=1S/C11H11F2N3/c1-7-9(10(11(12)13)16-15-7)14-8-5-3-2-4-6-8/h2-6,11,14H,1H3,(H,15,16). The fourth-order valence-electron chi connectivity index (χ4n) is 1.43. The molecule has 5 heteroatoms. The molecule has 0 saturated heterocycles. The number of hydrogen-bond donors (Lipinski definition) is 2. The molecule has 0 atom stereocenters. The number of para-hydroxylation sites is 1. The molecule has 2 N–H and O–H groups in total. The average molecular weight is 223 g/mol. The van der Waals surface area contributed by atoms with Gasteiger partial charge in [-0.2, -0.15) is 5.10 Å². The van der Waals surface area contributed by atoms with Crippen molar-refractivity contribution in [1.29, 1.82) is 0 Å². The van der Waals surface area contributed by atoms with E-state index in [-0.39, 0.29) is 5.69 Å². The largest absolute Gasteiger partial charge is 0.352 e. The molecule has 2 aromatic rings. The number of aromatic nitrogens is 2. The van der Waals surface area contributed by atoms with Crippen molar-refractivity contribution in [2.75, 3.05) is 5.32 Å². The zero-order valence-electron chi connectivity index (χ0n) is 8.67. The van der Waals surface area contributed by atoms with E-state index in [4.69, 9.17) is 0 Å². The van der Waals surface area contributed by atoms with Crippen LogP contribution >= 0.6 is 0 Å². The van der Waals surface area contributed by atoms with Crippen LogP contribution in [0.15, 0.2) is 30.3 Å². The van der Waals surface area contributed by atoms with Crippen LogP contribution in [0.2, 0.25) is 0 Å². The Balaban J connectivity index is 2.31. The van der Waals surface area contributed by atoms with Crippen molar-refractivity contribution < 1.29 is 8.78 Å². The first-order valence-electron chi connectivity index (χ1n) is 4.83. The Morgan fingerprint density at radius 1 is 1.25 bits per heavy atom. The average Bonchev–Trinajstić information content (AvgIpc) is 2.62. The summed E-state index contributed by atoms with van der Waals surface area (Å²) in [5.41, 5.74) is 1.45. The smallest absolute Gasteiger partial charge is 0.284 e. The summed E-state index contributed by atoms with van der Waals surface area (Å²) in [6.07, 6.45) is -2.59. The predicted octanol–water partition coefficient (Wildman–Crippen LogP) is 3.40. The number of aryl methyl sites for hydroxylation is 1. The fraction of sp³-hybridized carbons (Fsp3) is 0.182. The number of hydrogen-bond acceptors (Lipinski definition) is 2. The molecule has 1 aromatic carbocycles. The number of nitrogens with zero attached hydrogens (tertiary/aromatic N) is 1. The number of H-pyrrole nitrogens is 1. The van der Waals surface area contributed by atoms with Gasteiger partial charge in [0.25, 0.3) is 6.43 Å². The molecule has 0 aliphatic heterocycles. The van der Waals surface area contributed by atoms with Gasteiger partial charge in [0, 0.05) is 5.69 Å². The van der Waals surface area contributed by atoms with E-state index in [1.807, 2.05) is 30.3 Å². The monoisotopic (exact) mass is 223 g/mol. The molecular formula is C11H11F2N3. The van der Waals surface area contributed by atoms with E-state index < -0.39 is 6.43 Å². The molecule has 0 radical (unpaired) electrons. The van der Waals surface area contributed by atoms with Gasteiger partial charge in [-0.1, -0.05) is 18.2 Å². The van der Waals surface area contributed by atoms with Gasteiger partial charge in [0.15, 0.2) is 5.69 Å². The third-order valence-corrected chi connectivity index (χ3v) is 2.23. The first-order chi connectivity index (χ1) is 7.68. The van der Waals surface area contributed by atoms with Crippen molar-refractivity contribution in [3.05, 3.63) is 41.7 Å². The summed E-state index contributed by atoms with van der Waals surface area (Å²) >= 11 is 0. The van der Waals surface area contributed by atoms with Gasteiger partial charge < -0.3 is 5.32 Å². The molecule has 84 valence electrons. The molecular weight excluding hydrogens is 212 g/mol. The van der Waals surface area contributed by atoms with E-state index in [0.717, 1.165) is 5.69 Å². The van der Waals surface area contributed by atoms with Crippen LogP contribution in [-0.2, 0) is 0 Å². The van der Waals surface area contributed by atoms with Gasteiger partial charge in [-0.05, 0) is 19.1 Å². The second kappa shape index (κ2) is 4.30. The summed E-state index contributed by atoms with van der Waals surface area (Å²) < 4.78 is 25.2. The lowest BCUT2D eigenvalue weighted by atomic mass is 10.2. The Hall–Kier alpha value is -1.91. The highest BCUT2D eigenvalue weighted by Gasteiger charge is 2.18. The first-order valence-corrected chi connectivity index (χ1v) is 4.83. The van der Waals surface area contributed by atoms with Crippen molar-refractivity contribution in [3.8, 4) is 0 Å². The van der Waals surface area contributed by atoms with Gasteiger partial charge in [-0.3, -0.25) is 5.10 Å². The molecule has 16 heavy (non-hydrogen) atoms. The zero-order valence-corrected chi connectivity index (χ0v) is 8.67. The maximum absolute atomic E-state index is 12.6. The van der Waals surface area contributed by atoms with E-state index in [9.17, 15) is 8.78 Å². The third-order valence-electron chi connectivity index (χ3n) is 2.23. The van der Waals surface area contributed by atoms with Gasteiger partial charge in [-0.15, -0.1) is 0 Å². The normalized spacial score (nSPS) is 10.8. The van der Waals surface area contributed by atoms with Gasteiger partial charge in [0.2, 0.25) is 0 Å². The van der Waals surface area contributed by atoms with E-state index in [0.29, 0.717) is 11.4 Å². The topological polar surface area (TPSA) is 40.7 Å². The Labute approximate surface area is 91.5 Å². The van der Waals surface area contributed by atoms with E-state index in [2.05, 4.69) is 15.5 Å². The number of halogens is 2. The Morgan fingerprint density at radius 3 is 2.56 bits per heavy atom. The van der Waals surface area contributed by atoms with Crippen LogP contribution in [0.25, 0.3) is 0 Å². The molecule has 0 bridgehead atoms. The Morgan fingerprint density at radius 2 is 1.94 bits per heavy atom. The SMILES string of the molecule is Cc1[nH]nc(C(F)F)c1Nc1ccccc1. The van der Waals surface area contributed by atoms with Crippen molar-refractivity contribution in [2.24, 2.45) is 0 Å². The second-order valence-electron chi connectivity index (χ2n) is 3.40. The van der Waals surface area contributed by atoms with Crippen LogP contribution in [0.5, 0.6) is 0 Å². The number of aromatic amines is 1. The third kappa shape index (κ3) is 2.03. The minimum Gasteiger partial charge on any atom is -0.352 e. The summed E-state index contributed by atoms with van der Waals surface area (Å²) in [6.45, 7) is 1.70. The molecule has 0 fully saturated rings. The van der Waals surface area contributed by atoms with Crippen LogP contribution < -0.4 is 5.32 Å². The molecule has 0 aliphatic carbocycles. The van der Waals surface area contributed by atoms with E-state index >= 15 is 0 Å². The highest BCUT2D eigenvalue weighted by Crippen LogP contribution is 2.29. The first kappa shape index (κ1) is 10.6. The number of alkyl halides is 2. The van der Waals surface area contributed by atoms with Crippen LogP contribution in [0.4, 0.5) is 20.2 Å². The molecule has 0 aliphatic rings. The molecule has 1 aromatic heterocycles. The zero-order chi connectivity index (χ0) is 11.5. The maximum atomic E-state index is 12.6. The Kier molecular flexibility index (Phi) is 2.85. The number of benzene rings is 1. The molecule has 3 nitrogen and oxygen atoms in total. The fourth-order valence-corrected chi connectivity index (χ4v) is 1.43. The van der Waals surface area contributed by atoms with Crippen molar-refractivity contribution in [1.82, 2.24) is 10.2 Å². The summed E-state index contributed by atoms with van der Waals surface area (Å²) in [6, 6.07) is 9.14. The molecule has 2 rings (SSSR count). The molecule has 1 heterocycles. The van der Waals surface area contributed by atoms with Crippen molar-refractivity contribution in [3.63, 3.8) is 0 Å². The van der Waals surface area contributed by atoms with E-state index in [1.54, 1.807) is 6.92 Å². The minimum atomic E-state index is -2.59. The number of anilines is 2. The van der Waals surface area contributed by atoms with Gasteiger partial charge in [-0.25, -0.2) is 8.78 Å². The van der Waals surface area contributed by atoms with Crippen LogP contribution in [0.1, 0.15) is 17.8 Å². The summed E-state index contributed by atoms with van der Waals surface area (Å²) in [4.78, 5) is 0. The number of rotatable bonds is 3. The quantitative estimate of drug-likeness (QED) is 0.837. The predicted molar refractivity (Wildman–Crippen MR) is 58.0 cm³/mol. The highest BCUT2D eigenvalue weighted by molar-refractivity contribution is 5.64. The maximum Gasteiger partial charge on any atom is 0.284 e. The highest BCUT2D eigenvalue weighted by atomic mass is 19.3. The lowest BCUT2D eigenvalue weighted by molar-refractivity contribution is 0.147. The summed E-state index contributed by atoms with van der Waals surface area (Å²) in [5.74, 6) is 0. The molecule has 0 saturated carbocycles. The summed E-state index contributed by atoms with van der Waals surface area (Å²) in [7, 11) is 0. The Bertz CT molecular complexity index is 465. The van der Waals surface area contributed by atoms with Gasteiger partial charge >= 0.3 is 0 Å². The summed E-state index contributed by atoms with van der Waals surface area (Å²) in [5, 5.41) is 9.05. The van der Waals surface area contributed by atoms with Gasteiger partial charge in [0.1, 0.15) is 0 Å². The van der Waals surface area contributed by atoms with Crippen LogP contribution in [0, 0.1) is 6.92 Å². The van der Waals surface area contributed by atoms with E-state index in [1.165, 1.54) is 0 Å². The molecule has 0 unspecified atom stereocenters. The van der Waals surface area contributed by atoms with Crippen molar-refractivity contribution >= 4 is 11.4 Å². The van der Waals surface area contributed by atoms with Crippen LogP contribution in [0.3, 0.4) is 0 Å². The lowest BCUT2D eigenvalue weighted by Gasteiger charge is -2.06. The lowest BCUT2D eigenvalue weighted by Crippen LogP contribution is -1.95. The molecule has 0 amide bonds. The van der Waals surface area contributed by atoms with Crippen LogP contribution in [-0.4, -0.2) is 10.2 Å².